The van der Waals surface area contributed by atoms with Gasteiger partial charge in [-0.25, -0.2) is 4.99 Å². The lowest BCUT2D eigenvalue weighted by Crippen LogP contribution is -2.29. The Kier molecular flexibility index (Phi) is 4.89. The number of amidine groups is 1. The van der Waals surface area contributed by atoms with E-state index >= 15 is 0 Å². The van der Waals surface area contributed by atoms with E-state index in [9.17, 15) is 0 Å². The molecule has 3 rings (SSSR count). The average Bonchev–Trinajstić information content (AvgIpc) is 3.14. The summed E-state index contributed by atoms with van der Waals surface area (Å²) < 4.78 is 0. The zero-order valence-corrected chi connectivity index (χ0v) is 14.2. The number of guanidine groups is 1. The van der Waals surface area contributed by atoms with Gasteiger partial charge in [0.1, 0.15) is 11.5 Å². The molecule has 0 unspecified atom stereocenters. The van der Waals surface area contributed by atoms with E-state index in [-0.39, 0.29) is 0 Å². The first-order chi connectivity index (χ1) is 10.6. The largest absolute Gasteiger partial charge is 0.363 e. The van der Waals surface area contributed by atoms with E-state index in [0.717, 1.165) is 44.3 Å². The topological polar surface area (TPSA) is 31.2 Å². The van der Waals surface area contributed by atoms with E-state index in [1.807, 2.05) is 18.2 Å². The Morgan fingerprint density at radius 2 is 1.73 bits per heavy atom. The van der Waals surface area contributed by atoms with E-state index in [0.29, 0.717) is 15.7 Å². The Balaban J connectivity index is 1.99. The monoisotopic (exact) mass is 338 g/mol. The van der Waals surface area contributed by atoms with Crippen LogP contribution in [0.25, 0.3) is 0 Å². The number of aliphatic imine (C=N–C) groups is 2. The molecule has 0 N–H and O–H groups in total. The van der Waals surface area contributed by atoms with Gasteiger partial charge in [-0.15, -0.1) is 0 Å². The van der Waals surface area contributed by atoms with Gasteiger partial charge in [-0.05, 0) is 31.4 Å². The number of rotatable bonds is 1. The summed E-state index contributed by atoms with van der Waals surface area (Å²) in [6, 6.07) is 5.45. The Labute approximate surface area is 141 Å². The van der Waals surface area contributed by atoms with Crippen molar-refractivity contribution < 1.29 is 0 Å². The van der Waals surface area contributed by atoms with Crippen molar-refractivity contribution in [3.05, 3.63) is 28.2 Å². The predicted molar refractivity (Wildman–Crippen MR) is 93.7 cm³/mol. The smallest absolute Gasteiger partial charge is 0.227 e. The third-order valence-corrected chi connectivity index (χ3v) is 4.71. The van der Waals surface area contributed by atoms with Crippen LogP contribution in [0, 0.1) is 0 Å². The molecule has 1 aromatic rings. The van der Waals surface area contributed by atoms with Gasteiger partial charge in [0, 0.05) is 33.1 Å². The van der Waals surface area contributed by atoms with Crippen molar-refractivity contribution in [3.63, 3.8) is 0 Å². The van der Waals surface area contributed by atoms with Crippen LogP contribution in [-0.4, -0.2) is 48.3 Å². The highest BCUT2D eigenvalue weighted by molar-refractivity contribution is 6.38. The van der Waals surface area contributed by atoms with Crippen molar-refractivity contribution >= 4 is 40.7 Å². The molecule has 0 aliphatic carbocycles. The van der Waals surface area contributed by atoms with Gasteiger partial charge in [0.05, 0.1) is 10.0 Å². The third kappa shape index (κ3) is 3.39. The van der Waals surface area contributed by atoms with Crippen LogP contribution in [0.5, 0.6) is 0 Å². The molecule has 0 amide bonds. The molecule has 0 radical (unpaired) electrons. The quantitative estimate of drug-likeness (QED) is 0.567. The molecule has 4 nitrogen and oxygen atoms in total. The minimum Gasteiger partial charge on any atom is -0.363 e. The minimum absolute atomic E-state index is 0.559. The molecule has 0 bridgehead atoms. The third-order valence-electron chi connectivity index (χ3n) is 4.10. The van der Waals surface area contributed by atoms with Crippen LogP contribution in [0.4, 0.5) is 5.69 Å². The second-order valence-electron chi connectivity index (χ2n) is 5.73. The van der Waals surface area contributed by atoms with Gasteiger partial charge in [0.25, 0.3) is 0 Å². The number of likely N-dealkylation sites (tertiary alicyclic amines) is 2. The molecule has 2 saturated heterocycles. The van der Waals surface area contributed by atoms with E-state index < -0.39 is 0 Å². The number of nitrogens with zero attached hydrogens (tertiary/aromatic N) is 4. The molecule has 2 heterocycles. The van der Waals surface area contributed by atoms with E-state index in [2.05, 4.69) is 16.8 Å². The van der Waals surface area contributed by atoms with Gasteiger partial charge in [0.2, 0.25) is 5.96 Å². The lowest BCUT2D eigenvalue weighted by molar-refractivity contribution is 0.510. The average molecular weight is 339 g/mol. The lowest BCUT2D eigenvalue weighted by Gasteiger charge is -2.19. The van der Waals surface area contributed by atoms with Gasteiger partial charge in [-0.1, -0.05) is 29.3 Å². The highest BCUT2D eigenvalue weighted by Crippen LogP contribution is 2.33. The van der Waals surface area contributed by atoms with Crippen LogP contribution in [0.3, 0.4) is 0 Å². The van der Waals surface area contributed by atoms with Crippen LogP contribution in [0.2, 0.25) is 10.0 Å². The first-order valence-corrected chi connectivity index (χ1v) is 8.47. The van der Waals surface area contributed by atoms with Crippen molar-refractivity contribution in [2.75, 3.05) is 26.7 Å². The summed E-state index contributed by atoms with van der Waals surface area (Å²) in [6.07, 6.45) is 4.50. The highest BCUT2D eigenvalue weighted by atomic mass is 35.5. The molecular formula is C16H20Cl2N4. The number of benzene rings is 1. The Bertz CT molecular complexity index is 586. The van der Waals surface area contributed by atoms with Crippen molar-refractivity contribution in [3.8, 4) is 0 Å². The maximum atomic E-state index is 6.26. The van der Waals surface area contributed by atoms with Gasteiger partial charge < -0.3 is 9.80 Å². The molecule has 0 atom stereocenters. The lowest BCUT2D eigenvalue weighted by atomic mass is 10.3. The predicted octanol–water partition coefficient (Wildman–Crippen LogP) is 4.20. The van der Waals surface area contributed by atoms with Gasteiger partial charge >= 0.3 is 0 Å². The molecule has 2 fully saturated rings. The van der Waals surface area contributed by atoms with Crippen LogP contribution < -0.4 is 0 Å². The number of hydrogen-bond acceptors (Lipinski definition) is 1. The summed E-state index contributed by atoms with van der Waals surface area (Å²) in [6.45, 7) is 3.03. The SMILES string of the molecule is CN1CCCC1=NC(=Nc1c(Cl)cccc1Cl)N1CCCC1. The summed E-state index contributed by atoms with van der Waals surface area (Å²) in [5.41, 5.74) is 0.609. The van der Waals surface area contributed by atoms with E-state index in [1.54, 1.807) is 0 Å². The van der Waals surface area contributed by atoms with Crippen molar-refractivity contribution in [2.45, 2.75) is 25.7 Å². The number of halogens is 2. The first-order valence-electron chi connectivity index (χ1n) is 7.71. The highest BCUT2D eigenvalue weighted by Gasteiger charge is 2.21. The van der Waals surface area contributed by atoms with E-state index in [1.165, 1.54) is 12.8 Å². The number of para-hydroxylation sites is 1. The molecule has 6 heteroatoms. The fourth-order valence-electron chi connectivity index (χ4n) is 2.83. The zero-order chi connectivity index (χ0) is 15.5. The summed E-state index contributed by atoms with van der Waals surface area (Å²) in [7, 11) is 2.08. The molecule has 0 saturated carbocycles. The molecule has 2 aliphatic heterocycles. The summed E-state index contributed by atoms with van der Waals surface area (Å²) in [5, 5.41) is 1.12. The molecule has 0 spiro atoms. The summed E-state index contributed by atoms with van der Waals surface area (Å²) >= 11 is 12.5. The Morgan fingerprint density at radius 3 is 2.32 bits per heavy atom. The van der Waals surface area contributed by atoms with Crippen LogP contribution in [0.1, 0.15) is 25.7 Å². The fourth-order valence-corrected chi connectivity index (χ4v) is 3.31. The molecule has 1 aromatic carbocycles. The molecule has 118 valence electrons. The van der Waals surface area contributed by atoms with Gasteiger partial charge in [-0.2, -0.15) is 4.99 Å². The minimum atomic E-state index is 0.559. The van der Waals surface area contributed by atoms with E-state index in [4.69, 9.17) is 33.2 Å². The molecule has 2 aliphatic rings. The van der Waals surface area contributed by atoms with Crippen LogP contribution in [0.15, 0.2) is 28.2 Å². The fraction of sp³-hybridized carbons (Fsp3) is 0.500. The summed E-state index contributed by atoms with van der Waals surface area (Å²) in [5.74, 6) is 1.82. The molecule has 22 heavy (non-hydrogen) atoms. The molecule has 0 aromatic heterocycles. The zero-order valence-electron chi connectivity index (χ0n) is 12.7. The Hall–Kier alpha value is -1.26. The van der Waals surface area contributed by atoms with Gasteiger partial charge in [-0.3, -0.25) is 0 Å². The van der Waals surface area contributed by atoms with Crippen molar-refractivity contribution in [1.82, 2.24) is 9.80 Å². The normalized spacial score (nSPS) is 21.2. The van der Waals surface area contributed by atoms with Crippen LogP contribution >= 0.6 is 23.2 Å². The molecular weight excluding hydrogens is 319 g/mol. The second-order valence-corrected chi connectivity index (χ2v) is 6.54. The first kappa shape index (κ1) is 15.6. The summed E-state index contributed by atoms with van der Waals surface area (Å²) in [4.78, 5) is 13.9. The van der Waals surface area contributed by atoms with Crippen molar-refractivity contribution in [1.29, 1.82) is 0 Å². The standard InChI is InChI=1S/C16H20Cl2N4/c1-21-9-5-8-14(21)19-16(22-10-2-3-11-22)20-15-12(17)6-4-7-13(15)18/h4,6-7H,2-3,5,8-11H2,1H3. The van der Waals surface area contributed by atoms with Crippen LogP contribution in [-0.2, 0) is 0 Å². The Morgan fingerprint density at radius 1 is 1.05 bits per heavy atom. The maximum Gasteiger partial charge on any atom is 0.227 e. The number of hydrogen-bond donors (Lipinski definition) is 0. The maximum absolute atomic E-state index is 6.26. The second kappa shape index (κ2) is 6.88. The van der Waals surface area contributed by atoms with Gasteiger partial charge in [0.15, 0.2) is 0 Å². The van der Waals surface area contributed by atoms with Crippen molar-refractivity contribution in [2.24, 2.45) is 9.98 Å².